The molecule has 4 rings (SSSR count). The van der Waals surface area contributed by atoms with Gasteiger partial charge in [0, 0.05) is 24.4 Å². The molecule has 1 amide bonds. The maximum Gasteiger partial charge on any atom is 0.262 e. The summed E-state index contributed by atoms with van der Waals surface area (Å²) in [5.41, 5.74) is 4.03. The summed E-state index contributed by atoms with van der Waals surface area (Å²) in [6.07, 6.45) is 1.78. The Morgan fingerprint density at radius 1 is 0.862 bits per heavy atom. The third-order valence-corrected chi connectivity index (χ3v) is 5.60. The quantitative estimate of drug-likeness (QED) is 0.516. The number of pyridine rings is 1. The van der Waals surface area contributed by atoms with E-state index in [1.54, 1.807) is 22.9 Å². The van der Waals surface area contributed by atoms with Crippen LogP contribution in [0.25, 0.3) is 11.1 Å². The summed E-state index contributed by atoms with van der Waals surface area (Å²) in [7, 11) is 0. The van der Waals surface area contributed by atoms with Gasteiger partial charge in [-0.25, -0.2) is 0 Å². The molecule has 0 unspecified atom stereocenters. The van der Waals surface area contributed by atoms with Crippen LogP contribution >= 0.6 is 11.3 Å². The minimum atomic E-state index is -0.0706. The van der Waals surface area contributed by atoms with Crippen LogP contribution in [0.15, 0.2) is 95.2 Å². The molecule has 2 heterocycles. The van der Waals surface area contributed by atoms with E-state index >= 15 is 0 Å². The molecule has 29 heavy (non-hydrogen) atoms. The van der Waals surface area contributed by atoms with Gasteiger partial charge in [-0.1, -0.05) is 60.7 Å². The van der Waals surface area contributed by atoms with Crippen LogP contribution < -0.4 is 10.9 Å². The fourth-order valence-corrected chi connectivity index (χ4v) is 3.98. The van der Waals surface area contributed by atoms with Gasteiger partial charge in [-0.15, -0.1) is 11.3 Å². The van der Waals surface area contributed by atoms with Crippen molar-refractivity contribution in [1.82, 2.24) is 9.88 Å². The Balaban J connectivity index is 1.40. The van der Waals surface area contributed by atoms with Gasteiger partial charge >= 0.3 is 0 Å². The molecule has 2 aromatic carbocycles. The van der Waals surface area contributed by atoms with Crippen LogP contribution in [0, 0.1) is 0 Å². The Morgan fingerprint density at radius 2 is 1.59 bits per heavy atom. The van der Waals surface area contributed by atoms with Crippen LogP contribution in [0.4, 0.5) is 0 Å². The van der Waals surface area contributed by atoms with E-state index in [9.17, 15) is 9.59 Å². The molecule has 2 aromatic heterocycles. The van der Waals surface area contributed by atoms with Crippen LogP contribution in [0.1, 0.15) is 20.8 Å². The summed E-state index contributed by atoms with van der Waals surface area (Å²) in [4.78, 5) is 25.2. The SMILES string of the molecule is O=C(NCc1ccc(Cn2ccccc2=O)cc1)c1sccc1-c1ccccc1. The molecule has 0 aliphatic heterocycles. The monoisotopic (exact) mass is 400 g/mol. The van der Waals surface area contributed by atoms with Gasteiger partial charge in [0.1, 0.15) is 0 Å². The lowest BCUT2D eigenvalue weighted by molar-refractivity contribution is 0.0955. The average molecular weight is 401 g/mol. The van der Waals surface area contributed by atoms with Crippen molar-refractivity contribution in [1.29, 1.82) is 0 Å². The van der Waals surface area contributed by atoms with Crippen molar-refractivity contribution in [3.63, 3.8) is 0 Å². The van der Waals surface area contributed by atoms with E-state index in [-0.39, 0.29) is 11.5 Å². The minimum absolute atomic E-state index is 0.0194. The number of thiophene rings is 1. The molecule has 0 radical (unpaired) electrons. The van der Waals surface area contributed by atoms with Gasteiger partial charge in [-0.3, -0.25) is 9.59 Å². The third kappa shape index (κ3) is 4.52. The maximum absolute atomic E-state index is 12.7. The number of carbonyl (C=O) groups excluding carboxylic acids is 1. The Bertz CT molecular complexity index is 1160. The fraction of sp³-hybridized carbons (Fsp3) is 0.0833. The number of aromatic nitrogens is 1. The molecule has 0 aliphatic carbocycles. The van der Waals surface area contributed by atoms with Crippen molar-refractivity contribution in [2.45, 2.75) is 13.1 Å². The summed E-state index contributed by atoms with van der Waals surface area (Å²) in [6.45, 7) is 0.985. The summed E-state index contributed by atoms with van der Waals surface area (Å²) >= 11 is 1.45. The zero-order valence-electron chi connectivity index (χ0n) is 15.7. The van der Waals surface area contributed by atoms with Crippen LogP contribution in [0.5, 0.6) is 0 Å². The normalized spacial score (nSPS) is 10.6. The lowest BCUT2D eigenvalue weighted by atomic mass is 10.1. The summed E-state index contributed by atoms with van der Waals surface area (Å²) in [6, 6.07) is 25.0. The van der Waals surface area contributed by atoms with E-state index in [0.29, 0.717) is 13.1 Å². The van der Waals surface area contributed by atoms with Crippen molar-refractivity contribution in [3.8, 4) is 11.1 Å². The minimum Gasteiger partial charge on any atom is -0.347 e. The van der Waals surface area contributed by atoms with Crippen molar-refractivity contribution in [3.05, 3.63) is 117 Å². The highest BCUT2D eigenvalue weighted by Crippen LogP contribution is 2.28. The molecule has 5 heteroatoms. The van der Waals surface area contributed by atoms with E-state index in [1.165, 1.54) is 11.3 Å². The van der Waals surface area contributed by atoms with Crippen molar-refractivity contribution in [2.75, 3.05) is 0 Å². The highest BCUT2D eigenvalue weighted by Gasteiger charge is 2.14. The van der Waals surface area contributed by atoms with Gasteiger partial charge in [0.15, 0.2) is 0 Å². The largest absolute Gasteiger partial charge is 0.347 e. The Hall–Kier alpha value is -3.44. The topological polar surface area (TPSA) is 51.1 Å². The number of rotatable bonds is 6. The van der Waals surface area contributed by atoms with Gasteiger partial charge < -0.3 is 9.88 Å². The zero-order chi connectivity index (χ0) is 20.1. The molecule has 1 N–H and O–H groups in total. The molecule has 0 fully saturated rings. The first-order chi connectivity index (χ1) is 14.2. The second-order valence-corrected chi connectivity index (χ2v) is 7.61. The van der Waals surface area contributed by atoms with E-state index in [2.05, 4.69) is 5.32 Å². The van der Waals surface area contributed by atoms with Crippen LogP contribution in [-0.4, -0.2) is 10.5 Å². The van der Waals surface area contributed by atoms with Crippen LogP contribution in [0.3, 0.4) is 0 Å². The molecular weight excluding hydrogens is 380 g/mol. The van der Waals surface area contributed by atoms with Crippen molar-refractivity contribution >= 4 is 17.2 Å². The van der Waals surface area contributed by atoms with E-state index in [4.69, 9.17) is 0 Å². The van der Waals surface area contributed by atoms with Crippen molar-refractivity contribution < 1.29 is 4.79 Å². The molecular formula is C24H20N2O2S. The predicted octanol–water partition coefficient (Wildman–Crippen LogP) is 4.56. The Morgan fingerprint density at radius 3 is 2.34 bits per heavy atom. The summed E-state index contributed by atoms with van der Waals surface area (Å²) in [5.74, 6) is -0.0706. The second kappa shape index (κ2) is 8.71. The summed E-state index contributed by atoms with van der Waals surface area (Å²) < 4.78 is 1.67. The van der Waals surface area contributed by atoms with Crippen LogP contribution in [0.2, 0.25) is 0 Å². The number of amides is 1. The smallest absolute Gasteiger partial charge is 0.262 e. The standard InChI is InChI=1S/C24H20N2O2S/c27-22-8-4-5-14-26(22)17-19-11-9-18(10-12-19)16-25-24(28)23-21(13-15-29-23)20-6-2-1-3-7-20/h1-15H,16-17H2,(H,25,28). The van der Waals surface area contributed by atoms with Gasteiger partial charge in [-0.05, 0) is 34.2 Å². The average Bonchev–Trinajstić information content (AvgIpc) is 3.25. The fourth-order valence-electron chi connectivity index (χ4n) is 3.14. The second-order valence-electron chi connectivity index (χ2n) is 6.70. The lowest BCUT2D eigenvalue weighted by Crippen LogP contribution is -2.22. The van der Waals surface area contributed by atoms with Gasteiger partial charge in [0.05, 0.1) is 11.4 Å². The molecule has 4 aromatic rings. The Labute approximate surface area is 173 Å². The predicted molar refractivity (Wildman–Crippen MR) is 117 cm³/mol. The molecule has 0 spiro atoms. The molecule has 0 saturated heterocycles. The number of nitrogens with one attached hydrogen (secondary N) is 1. The number of benzene rings is 2. The first-order valence-electron chi connectivity index (χ1n) is 9.35. The Kier molecular flexibility index (Phi) is 5.68. The van der Waals surface area contributed by atoms with E-state index < -0.39 is 0 Å². The number of carbonyl (C=O) groups is 1. The third-order valence-electron chi connectivity index (χ3n) is 4.68. The van der Waals surface area contributed by atoms with E-state index in [0.717, 1.165) is 27.1 Å². The highest BCUT2D eigenvalue weighted by molar-refractivity contribution is 7.12. The molecule has 0 atom stereocenters. The van der Waals surface area contributed by atoms with E-state index in [1.807, 2.05) is 72.1 Å². The van der Waals surface area contributed by atoms with Gasteiger partial charge in [-0.2, -0.15) is 0 Å². The first-order valence-corrected chi connectivity index (χ1v) is 10.2. The summed E-state index contributed by atoms with van der Waals surface area (Å²) in [5, 5.41) is 4.95. The molecule has 0 saturated carbocycles. The molecule has 0 aliphatic rings. The number of nitrogens with zero attached hydrogens (tertiary/aromatic N) is 1. The lowest BCUT2D eigenvalue weighted by Gasteiger charge is -2.08. The van der Waals surface area contributed by atoms with Crippen LogP contribution in [-0.2, 0) is 13.1 Å². The highest BCUT2D eigenvalue weighted by atomic mass is 32.1. The van der Waals surface area contributed by atoms with Gasteiger partial charge in [0.2, 0.25) is 0 Å². The van der Waals surface area contributed by atoms with Crippen molar-refractivity contribution in [2.24, 2.45) is 0 Å². The number of hydrogen-bond acceptors (Lipinski definition) is 3. The molecule has 4 nitrogen and oxygen atoms in total. The zero-order valence-corrected chi connectivity index (χ0v) is 16.6. The number of hydrogen-bond donors (Lipinski definition) is 1. The van der Waals surface area contributed by atoms with Gasteiger partial charge in [0.25, 0.3) is 11.5 Å². The molecule has 0 bridgehead atoms. The maximum atomic E-state index is 12.7. The molecule has 144 valence electrons. The first kappa shape index (κ1) is 18.9.